The summed E-state index contributed by atoms with van der Waals surface area (Å²) in [6.07, 6.45) is -8.07. The van der Waals surface area contributed by atoms with Gasteiger partial charge in [-0.05, 0) is 42.0 Å². The van der Waals surface area contributed by atoms with E-state index in [1.807, 2.05) is 20.2 Å². The molecule has 0 aliphatic rings. The van der Waals surface area contributed by atoms with Gasteiger partial charge in [-0.15, -0.1) is 0 Å². The van der Waals surface area contributed by atoms with Crippen LogP contribution in [0.5, 0.6) is 23.0 Å². The monoisotopic (exact) mass is 711 g/mol. The fourth-order valence-corrected chi connectivity index (χ4v) is 5.15. The first kappa shape index (κ1) is 38.8. The fourth-order valence-electron chi connectivity index (χ4n) is 5.15. The van der Waals surface area contributed by atoms with Gasteiger partial charge >= 0.3 is 24.3 Å². The van der Waals surface area contributed by atoms with Crippen LogP contribution in [0.25, 0.3) is 43.6 Å². The van der Waals surface area contributed by atoms with Crippen molar-refractivity contribution in [1.29, 1.82) is 0 Å². The smallest absolute Gasteiger partial charge is 0.490 e. The van der Waals surface area contributed by atoms with Crippen LogP contribution in [0.4, 0.5) is 32.0 Å². The largest absolute Gasteiger partial charge is 0.493 e. The van der Waals surface area contributed by atoms with Crippen LogP contribution >= 0.6 is 0 Å². The third-order valence-corrected chi connectivity index (χ3v) is 7.34. The summed E-state index contributed by atoms with van der Waals surface area (Å²) in [5, 5.41) is 19.6. The Labute approximate surface area is 281 Å². The predicted molar refractivity (Wildman–Crippen MR) is 173 cm³/mol. The van der Waals surface area contributed by atoms with Crippen LogP contribution in [0.2, 0.25) is 0 Å². The van der Waals surface area contributed by atoms with Crippen molar-refractivity contribution in [3.63, 3.8) is 0 Å². The van der Waals surface area contributed by atoms with Gasteiger partial charge in [0.1, 0.15) is 7.05 Å². The average molecular weight is 712 g/mol. The highest BCUT2D eigenvalue weighted by Gasteiger charge is 2.39. The van der Waals surface area contributed by atoms with E-state index in [0.29, 0.717) is 11.5 Å². The van der Waals surface area contributed by atoms with Crippen molar-refractivity contribution in [2.24, 2.45) is 7.05 Å². The summed E-state index contributed by atoms with van der Waals surface area (Å²) >= 11 is 0. The van der Waals surface area contributed by atoms with Crippen LogP contribution < -0.4 is 28.4 Å². The van der Waals surface area contributed by atoms with Crippen molar-refractivity contribution in [3.05, 3.63) is 60.8 Å². The molecule has 50 heavy (non-hydrogen) atoms. The molecule has 5 rings (SSSR count). The van der Waals surface area contributed by atoms with Gasteiger partial charge in [-0.3, -0.25) is 0 Å². The van der Waals surface area contributed by atoms with E-state index < -0.39 is 24.3 Å². The molecule has 2 N–H and O–H groups in total. The molecule has 0 bridgehead atoms. The molecule has 0 spiro atoms. The molecular formula is C34H33F6N2O8+. The van der Waals surface area contributed by atoms with Gasteiger partial charge in [-0.25, -0.2) is 9.59 Å². The molecule has 0 aliphatic heterocycles. The standard InChI is InChI=1S/C30H31N2O4.2C2HF3O2/c1-31(2)19-10-8-18(9-11-19)27-21-12-13-22-20-14-15-25(33-4)29(35-6)24(20)17-32(3)28(22)23(21)16-26(34-5)30(27)36-7;2*3-2(4,5)1(6)7/h8-17H,1-7H3;2*(H,6,7)/q+1;;. The highest BCUT2D eigenvalue weighted by Crippen LogP contribution is 2.46. The SMILES string of the molecule is COc1cc2c(ccc3c4ccc(OC)c(OC)c4c[n+](C)c23)c(-c2ccc(N(C)C)cc2)c1OC.O=C(O)C(F)(F)F.O=C(O)C(F)(F)F. The summed E-state index contributed by atoms with van der Waals surface area (Å²) < 4.78 is 88.6. The Morgan fingerprint density at radius 2 is 1.12 bits per heavy atom. The molecule has 0 atom stereocenters. The number of aromatic nitrogens is 1. The van der Waals surface area contributed by atoms with Gasteiger partial charge in [0, 0.05) is 36.1 Å². The van der Waals surface area contributed by atoms with Crippen molar-refractivity contribution in [3.8, 4) is 34.1 Å². The fraction of sp³-hybridized carbons (Fsp3) is 0.265. The Kier molecular flexibility index (Phi) is 11.8. The lowest BCUT2D eigenvalue weighted by Gasteiger charge is -2.18. The minimum Gasteiger partial charge on any atom is -0.493 e. The molecule has 0 saturated heterocycles. The third-order valence-electron chi connectivity index (χ3n) is 7.34. The molecule has 10 nitrogen and oxygen atoms in total. The molecule has 0 radical (unpaired) electrons. The Balaban J connectivity index is 0.000000408. The third kappa shape index (κ3) is 8.13. The van der Waals surface area contributed by atoms with Crippen molar-refractivity contribution in [1.82, 2.24) is 0 Å². The molecule has 0 amide bonds. The van der Waals surface area contributed by atoms with Crippen LogP contribution in [0, 0.1) is 0 Å². The van der Waals surface area contributed by atoms with E-state index in [9.17, 15) is 26.3 Å². The average Bonchev–Trinajstić information content (AvgIpc) is 3.06. The Bertz CT molecular complexity index is 2000. The molecule has 1 heterocycles. The molecular weight excluding hydrogens is 678 g/mol. The van der Waals surface area contributed by atoms with Gasteiger partial charge in [0.15, 0.2) is 29.2 Å². The number of anilines is 1. The van der Waals surface area contributed by atoms with Crippen LogP contribution in [-0.4, -0.2) is 77.0 Å². The summed E-state index contributed by atoms with van der Waals surface area (Å²) in [6.45, 7) is 0. The molecule has 4 aromatic carbocycles. The quantitative estimate of drug-likeness (QED) is 0.109. The van der Waals surface area contributed by atoms with Gasteiger partial charge in [0.2, 0.25) is 5.52 Å². The number of aliphatic carboxylic acids is 2. The maximum absolute atomic E-state index is 10.6. The number of hydrogen-bond acceptors (Lipinski definition) is 7. The lowest BCUT2D eigenvalue weighted by atomic mass is 9.93. The summed E-state index contributed by atoms with van der Waals surface area (Å²) in [4.78, 5) is 19.9. The van der Waals surface area contributed by atoms with Crippen LogP contribution in [0.1, 0.15) is 0 Å². The first-order valence-corrected chi connectivity index (χ1v) is 14.2. The first-order chi connectivity index (χ1) is 23.3. The van der Waals surface area contributed by atoms with Gasteiger partial charge in [0.25, 0.3) is 0 Å². The lowest BCUT2D eigenvalue weighted by Crippen LogP contribution is -2.28. The molecule has 0 aliphatic carbocycles. The zero-order chi connectivity index (χ0) is 37.7. The maximum atomic E-state index is 10.6. The molecule has 0 fully saturated rings. The minimum absolute atomic E-state index is 0.691. The number of carboxylic acid groups (broad SMARTS) is 2. The number of nitrogens with zero attached hydrogens (tertiary/aromatic N) is 2. The van der Waals surface area contributed by atoms with E-state index in [2.05, 4.69) is 71.2 Å². The van der Waals surface area contributed by atoms with Crippen LogP contribution in [-0.2, 0) is 16.6 Å². The summed E-state index contributed by atoms with van der Waals surface area (Å²) in [5.41, 5.74) is 4.30. The number of rotatable bonds is 6. The second-order valence-corrected chi connectivity index (χ2v) is 10.6. The summed E-state index contributed by atoms with van der Waals surface area (Å²) in [5.74, 6) is -2.67. The Morgan fingerprint density at radius 3 is 1.56 bits per heavy atom. The zero-order valence-electron chi connectivity index (χ0n) is 27.8. The van der Waals surface area contributed by atoms with E-state index in [1.165, 1.54) is 0 Å². The van der Waals surface area contributed by atoms with E-state index in [1.54, 1.807) is 28.4 Å². The van der Waals surface area contributed by atoms with Gasteiger partial charge in [-0.2, -0.15) is 30.9 Å². The molecule has 268 valence electrons. The van der Waals surface area contributed by atoms with E-state index in [-0.39, 0.29) is 0 Å². The Morgan fingerprint density at radius 1 is 0.640 bits per heavy atom. The molecule has 16 heteroatoms. The number of carbonyl (C=O) groups is 2. The van der Waals surface area contributed by atoms with E-state index in [4.69, 9.17) is 38.7 Å². The number of carboxylic acids is 2. The van der Waals surface area contributed by atoms with E-state index >= 15 is 0 Å². The van der Waals surface area contributed by atoms with Crippen LogP contribution in [0.3, 0.4) is 0 Å². The number of aryl methyl sites for hydroxylation is 1. The van der Waals surface area contributed by atoms with E-state index in [0.717, 1.165) is 60.8 Å². The normalized spacial score (nSPS) is 11.2. The number of hydrogen-bond donors (Lipinski definition) is 2. The minimum atomic E-state index is -5.08. The van der Waals surface area contributed by atoms with Crippen LogP contribution in [0.15, 0.2) is 60.8 Å². The number of pyridine rings is 1. The molecule has 1 aromatic heterocycles. The number of ether oxygens (including phenoxy) is 4. The second-order valence-electron chi connectivity index (χ2n) is 10.6. The number of alkyl halides is 6. The molecule has 5 aromatic rings. The summed E-state index contributed by atoms with van der Waals surface area (Å²) in [6, 6.07) is 19.0. The van der Waals surface area contributed by atoms with Gasteiger partial charge < -0.3 is 34.1 Å². The Hall–Kier alpha value is -5.67. The topological polar surface area (TPSA) is 119 Å². The first-order valence-electron chi connectivity index (χ1n) is 14.2. The highest BCUT2D eigenvalue weighted by molar-refractivity contribution is 6.18. The van der Waals surface area contributed by atoms with Gasteiger partial charge in [0.05, 0.1) is 44.6 Å². The summed E-state index contributed by atoms with van der Waals surface area (Å²) in [7, 11) is 12.8. The number of benzene rings is 4. The predicted octanol–water partition coefficient (Wildman–Crippen LogP) is 7.00. The van der Waals surface area contributed by atoms with Crippen molar-refractivity contribution < 1.29 is 69.7 Å². The number of fused-ring (bicyclic) bond motifs is 5. The van der Waals surface area contributed by atoms with Crippen molar-refractivity contribution >= 4 is 50.1 Å². The lowest BCUT2D eigenvalue weighted by molar-refractivity contribution is -0.642. The molecule has 0 unspecified atom stereocenters. The number of halogens is 6. The highest BCUT2D eigenvalue weighted by atomic mass is 19.4. The molecule has 0 saturated carbocycles. The van der Waals surface area contributed by atoms with Gasteiger partial charge in [-0.1, -0.05) is 18.2 Å². The van der Waals surface area contributed by atoms with Crippen molar-refractivity contribution in [2.45, 2.75) is 12.4 Å². The number of methoxy groups -OCH3 is 4. The maximum Gasteiger partial charge on any atom is 0.490 e. The zero-order valence-corrected chi connectivity index (χ0v) is 27.8. The second kappa shape index (κ2) is 15.3. The van der Waals surface area contributed by atoms with Crippen molar-refractivity contribution in [2.75, 3.05) is 47.4 Å².